The van der Waals surface area contributed by atoms with E-state index in [1.54, 1.807) is 0 Å². The average molecular weight is 243 g/mol. The highest BCUT2D eigenvalue weighted by Gasteiger charge is 2.01. The van der Waals surface area contributed by atoms with E-state index in [0.29, 0.717) is 6.61 Å². The van der Waals surface area contributed by atoms with E-state index in [9.17, 15) is 5.11 Å². The summed E-state index contributed by atoms with van der Waals surface area (Å²) in [6.07, 6.45) is 0.819. The first-order valence-electron chi connectivity index (χ1n) is 5.95. The van der Waals surface area contributed by atoms with Gasteiger partial charge in [-0.2, -0.15) is 0 Å². The molecule has 2 aromatic rings. The van der Waals surface area contributed by atoms with Crippen LogP contribution in [0.5, 0.6) is 5.75 Å². The summed E-state index contributed by atoms with van der Waals surface area (Å²) in [6.45, 7) is 0.582. The fraction of sp³-hybridized carbons (Fsp3) is 0.200. The molecular formula is C15H17NO2. The SMILES string of the molecule is Nc1ccc(CCOc2ccccc2CO)cc1. The van der Waals surface area contributed by atoms with Crippen molar-refractivity contribution in [2.24, 2.45) is 0 Å². The van der Waals surface area contributed by atoms with Crippen molar-refractivity contribution in [2.75, 3.05) is 12.3 Å². The molecule has 0 spiro atoms. The van der Waals surface area contributed by atoms with Crippen LogP contribution in [0.25, 0.3) is 0 Å². The van der Waals surface area contributed by atoms with Crippen LogP contribution in [0.2, 0.25) is 0 Å². The van der Waals surface area contributed by atoms with Crippen LogP contribution in [-0.4, -0.2) is 11.7 Å². The van der Waals surface area contributed by atoms with E-state index in [0.717, 1.165) is 23.4 Å². The predicted molar refractivity (Wildman–Crippen MR) is 72.4 cm³/mol. The van der Waals surface area contributed by atoms with Gasteiger partial charge in [0.15, 0.2) is 0 Å². The number of rotatable bonds is 5. The van der Waals surface area contributed by atoms with Gasteiger partial charge in [-0.05, 0) is 23.8 Å². The molecule has 0 unspecified atom stereocenters. The molecule has 3 N–H and O–H groups in total. The van der Waals surface area contributed by atoms with Gasteiger partial charge in [-0.15, -0.1) is 0 Å². The Morgan fingerprint density at radius 3 is 2.44 bits per heavy atom. The fourth-order valence-corrected chi connectivity index (χ4v) is 1.74. The number of hydrogen-bond acceptors (Lipinski definition) is 3. The number of ether oxygens (including phenoxy) is 1. The quantitative estimate of drug-likeness (QED) is 0.793. The molecule has 0 aromatic heterocycles. The molecule has 0 saturated carbocycles. The summed E-state index contributed by atoms with van der Waals surface area (Å²) in [5, 5.41) is 9.17. The van der Waals surface area contributed by atoms with Gasteiger partial charge >= 0.3 is 0 Å². The van der Waals surface area contributed by atoms with Crippen molar-refractivity contribution in [3.8, 4) is 5.75 Å². The number of benzene rings is 2. The Labute approximate surface area is 107 Å². The third-order valence-corrected chi connectivity index (χ3v) is 2.77. The van der Waals surface area contributed by atoms with Gasteiger partial charge in [0, 0.05) is 17.7 Å². The molecule has 0 aliphatic rings. The van der Waals surface area contributed by atoms with Crippen LogP contribution in [0.1, 0.15) is 11.1 Å². The third kappa shape index (κ3) is 3.25. The van der Waals surface area contributed by atoms with Crippen LogP contribution in [0.4, 0.5) is 5.69 Å². The van der Waals surface area contributed by atoms with E-state index in [1.165, 1.54) is 5.56 Å². The Balaban J connectivity index is 1.90. The predicted octanol–water partition coefficient (Wildman–Crippen LogP) is 2.38. The number of nitrogen functional groups attached to an aromatic ring is 1. The number of aliphatic hydroxyl groups excluding tert-OH is 1. The Hall–Kier alpha value is -2.00. The third-order valence-electron chi connectivity index (χ3n) is 2.77. The number of hydrogen-bond donors (Lipinski definition) is 2. The smallest absolute Gasteiger partial charge is 0.124 e. The van der Waals surface area contributed by atoms with Crippen LogP contribution >= 0.6 is 0 Å². The van der Waals surface area contributed by atoms with Crippen molar-refractivity contribution in [3.63, 3.8) is 0 Å². The Morgan fingerprint density at radius 1 is 1.00 bits per heavy atom. The first-order valence-corrected chi connectivity index (χ1v) is 5.95. The summed E-state index contributed by atoms with van der Waals surface area (Å²) in [4.78, 5) is 0. The number of para-hydroxylation sites is 1. The first kappa shape index (κ1) is 12.5. The Kier molecular flexibility index (Phi) is 4.20. The topological polar surface area (TPSA) is 55.5 Å². The zero-order valence-electron chi connectivity index (χ0n) is 10.2. The lowest BCUT2D eigenvalue weighted by molar-refractivity contribution is 0.264. The molecule has 0 aliphatic carbocycles. The van der Waals surface area contributed by atoms with Crippen LogP contribution in [0, 0.1) is 0 Å². The van der Waals surface area contributed by atoms with E-state index >= 15 is 0 Å². The van der Waals surface area contributed by atoms with Gasteiger partial charge in [-0.25, -0.2) is 0 Å². The van der Waals surface area contributed by atoms with Crippen LogP contribution in [0.15, 0.2) is 48.5 Å². The number of nitrogens with two attached hydrogens (primary N) is 1. The highest BCUT2D eigenvalue weighted by molar-refractivity contribution is 5.39. The van der Waals surface area contributed by atoms with Gasteiger partial charge in [0.05, 0.1) is 13.2 Å². The molecule has 94 valence electrons. The van der Waals surface area contributed by atoms with Gasteiger partial charge in [-0.1, -0.05) is 30.3 Å². The Bertz CT molecular complexity index is 494. The second-order valence-electron chi connectivity index (χ2n) is 4.11. The molecule has 0 amide bonds. The highest BCUT2D eigenvalue weighted by Crippen LogP contribution is 2.18. The molecular weight excluding hydrogens is 226 g/mol. The molecule has 0 bridgehead atoms. The van der Waals surface area contributed by atoms with E-state index in [2.05, 4.69) is 0 Å². The van der Waals surface area contributed by atoms with E-state index in [4.69, 9.17) is 10.5 Å². The monoisotopic (exact) mass is 243 g/mol. The minimum atomic E-state index is -0.00194. The molecule has 3 heteroatoms. The lowest BCUT2D eigenvalue weighted by Gasteiger charge is -2.09. The molecule has 2 rings (SSSR count). The zero-order chi connectivity index (χ0) is 12.8. The largest absolute Gasteiger partial charge is 0.493 e. The summed E-state index contributed by atoms with van der Waals surface area (Å²) >= 11 is 0. The summed E-state index contributed by atoms with van der Waals surface area (Å²) < 4.78 is 5.67. The molecule has 0 atom stereocenters. The number of aliphatic hydroxyl groups is 1. The van der Waals surface area contributed by atoms with Crippen LogP contribution in [-0.2, 0) is 13.0 Å². The van der Waals surface area contributed by atoms with E-state index in [-0.39, 0.29) is 6.61 Å². The molecule has 18 heavy (non-hydrogen) atoms. The molecule has 3 nitrogen and oxygen atoms in total. The lowest BCUT2D eigenvalue weighted by Crippen LogP contribution is -2.03. The maximum Gasteiger partial charge on any atom is 0.124 e. The van der Waals surface area contributed by atoms with Gasteiger partial charge in [0.1, 0.15) is 5.75 Å². The molecule has 0 radical (unpaired) electrons. The minimum absolute atomic E-state index is 0.00194. The molecule has 0 saturated heterocycles. The van der Waals surface area contributed by atoms with E-state index < -0.39 is 0 Å². The van der Waals surface area contributed by atoms with Gasteiger partial charge in [0.2, 0.25) is 0 Å². The fourth-order valence-electron chi connectivity index (χ4n) is 1.74. The second kappa shape index (κ2) is 6.07. The standard InChI is InChI=1S/C15H17NO2/c16-14-7-5-12(6-8-14)9-10-18-15-4-2-1-3-13(15)11-17/h1-8,17H,9-11,16H2. The van der Waals surface area contributed by atoms with Crippen molar-refractivity contribution in [1.82, 2.24) is 0 Å². The molecule has 0 aliphatic heterocycles. The van der Waals surface area contributed by atoms with Gasteiger partial charge in [-0.3, -0.25) is 0 Å². The minimum Gasteiger partial charge on any atom is -0.493 e. The van der Waals surface area contributed by atoms with Crippen LogP contribution in [0.3, 0.4) is 0 Å². The number of anilines is 1. The summed E-state index contributed by atoms with van der Waals surface area (Å²) in [6, 6.07) is 15.3. The average Bonchev–Trinajstić information content (AvgIpc) is 2.41. The van der Waals surface area contributed by atoms with Crippen molar-refractivity contribution in [2.45, 2.75) is 13.0 Å². The first-order chi connectivity index (χ1) is 8.79. The normalized spacial score (nSPS) is 10.3. The second-order valence-corrected chi connectivity index (χ2v) is 4.11. The maximum absolute atomic E-state index is 9.17. The van der Waals surface area contributed by atoms with Gasteiger partial charge < -0.3 is 15.6 Å². The highest BCUT2D eigenvalue weighted by atomic mass is 16.5. The maximum atomic E-state index is 9.17. The molecule has 0 fully saturated rings. The van der Waals surface area contributed by atoms with Gasteiger partial charge in [0.25, 0.3) is 0 Å². The van der Waals surface area contributed by atoms with Crippen molar-refractivity contribution >= 4 is 5.69 Å². The zero-order valence-corrected chi connectivity index (χ0v) is 10.2. The molecule has 0 heterocycles. The van der Waals surface area contributed by atoms with Crippen LogP contribution < -0.4 is 10.5 Å². The molecule has 2 aromatic carbocycles. The van der Waals surface area contributed by atoms with Crippen molar-refractivity contribution in [1.29, 1.82) is 0 Å². The van der Waals surface area contributed by atoms with E-state index in [1.807, 2.05) is 48.5 Å². The lowest BCUT2D eigenvalue weighted by atomic mass is 10.1. The van der Waals surface area contributed by atoms with Crippen molar-refractivity contribution < 1.29 is 9.84 Å². The summed E-state index contributed by atoms with van der Waals surface area (Å²) in [5.74, 6) is 0.746. The Morgan fingerprint density at radius 2 is 1.72 bits per heavy atom. The summed E-state index contributed by atoms with van der Waals surface area (Å²) in [7, 11) is 0. The summed E-state index contributed by atoms with van der Waals surface area (Å²) in [5.41, 5.74) is 8.39. The van der Waals surface area contributed by atoms with Crippen molar-refractivity contribution in [3.05, 3.63) is 59.7 Å².